The first-order chi connectivity index (χ1) is 14.8. The van der Waals surface area contributed by atoms with Gasteiger partial charge < -0.3 is 10.1 Å². The molecule has 2 N–H and O–H groups in total. The molecular formula is C25H19N3O2. The highest BCUT2D eigenvalue weighted by Gasteiger charge is 2.28. The van der Waals surface area contributed by atoms with Gasteiger partial charge >= 0.3 is 6.09 Å². The quantitative estimate of drug-likeness (QED) is 0.505. The average Bonchev–Trinajstić information content (AvgIpc) is 3.39. The minimum absolute atomic E-state index is 0.0490. The number of carbonyl (C=O) groups is 1. The fourth-order valence-corrected chi connectivity index (χ4v) is 3.98. The number of rotatable bonds is 3. The third-order valence-corrected chi connectivity index (χ3v) is 5.37. The molecule has 5 rings (SSSR count). The largest absolute Gasteiger partial charge is 0.449 e. The van der Waals surface area contributed by atoms with E-state index in [1.165, 1.54) is 22.3 Å². The summed E-state index contributed by atoms with van der Waals surface area (Å²) in [5.74, 6) is 6.09. The van der Waals surface area contributed by atoms with Crippen LogP contribution in [-0.2, 0) is 4.74 Å². The van der Waals surface area contributed by atoms with Crippen molar-refractivity contribution in [2.75, 3.05) is 13.2 Å². The van der Waals surface area contributed by atoms with Gasteiger partial charge in [0.2, 0.25) is 0 Å². The number of aromatic amines is 1. The molecule has 1 heterocycles. The molecule has 0 aliphatic heterocycles. The molecule has 0 bridgehead atoms. The Kier molecular flexibility index (Phi) is 4.66. The number of fused-ring (bicyclic) bond motifs is 4. The minimum Gasteiger partial charge on any atom is -0.449 e. The van der Waals surface area contributed by atoms with Gasteiger partial charge in [-0.1, -0.05) is 66.4 Å². The second-order valence-corrected chi connectivity index (χ2v) is 7.12. The molecule has 0 saturated carbocycles. The Morgan fingerprint density at radius 3 is 2.50 bits per heavy atom. The van der Waals surface area contributed by atoms with Crippen molar-refractivity contribution in [1.82, 2.24) is 15.5 Å². The summed E-state index contributed by atoms with van der Waals surface area (Å²) in [6.07, 6.45) is 1.28. The van der Waals surface area contributed by atoms with Crippen molar-refractivity contribution in [3.05, 3.63) is 89.6 Å². The van der Waals surface area contributed by atoms with Crippen molar-refractivity contribution in [2.45, 2.75) is 5.92 Å². The Bertz CT molecular complexity index is 1250. The number of nitrogens with zero attached hydrogens (tertiary/aromatic N) is 1. The zero-order valence-electron chi connectivity index (χ0n) is 16.2. The molecule has 0 saturated heterocycles. The topological polar surface area (TPSA) is 67.0 Å². The van der Waals surface area contributed by atoms with Gasteiger partial charge in [0.1, 0.15) is 6.61 Å². The monoisotopic (exact) mass is 393 g/mol. The fourth-order valence-electron chi connectivity index (χ4n) is 3.98. The van der Waals surface area contributed by atoms with Crippen molar-refractivity contribution < 1.29 is 9.53 Å². The third-order valence-electron chi connectivity index (χ3n) is 5.37. The number of ether oxygens (including phenoxy) is 1. The van der Waals surface area contributed by atoms with Crippen LogP contribution in [0.25, 0.3) is 22.0 Å². The lowest BCUT2D eigenvalue weighted by Gasteiger charge is -2.14. The van der Waals surface area contributed by atoms with Crippen LogP contribution in [0.5, 0.6) is 0 Å². The van der Waals surface area contributed by atoms with Crippen LogP contribution in [0.4, 0.5) is 4.79 Å². The average molecular weight is 393 g/mol. The minimum atomic E-state index is -0.465. The van der Waals surface area contributed by atoms with Crippen LogP contribution in [-0.4, -0.2) is 29.4 Å². The summed E-state index contributed by atoms with van der Waals surface area (Å²) in [7, 11) is 0. The molecule has 0 radical (unpaired) electrons. The highest BCUT2D eigenvalue weighted by atomic mass is 16.5. The van der Waals surface area contributed by atoms with Crippen molar-refractivity contribution in [3.8, 4) is 23.0 Å². The standard InChI is InChI=1S/C25H19N3O2/c29-25(26-14-6-8-17-7-5-13-24-22(17)15-27-28-24)30-16-23-20-11-3-1-9-18(20)19-10-2-4-12-21(19)23/h1-5,7,9-13,15,23H,14,16H2,(H,26,29)(H,27,28). The summed E-state index contributed by atoms with van der Waals surface area (Å²) < 4.78 is 5.52. The van der Waals surface area contributed by atoms with E-state index in [2.05, 4.69) is 51.6 Å². The summed E-state index contributed by atoms with van der Waals surface area (Å²) in [5, 5.41) is 10.6. The molecule has 1 amide bonds. The summed E-state index contributed by atoms with van der Waals surface area (Å²) in [6, 6.07) is 22.3. The van der Waals surface area contributed by atoms with Crippen LogP contribution < -0.4 is 5.32 Å². The lowest BCUT2D eigenvalue weighted by molar-refractivity contribution is 0.144. The highest BCUT2D eigenvalue weighted by molar-refractivity contribution is 5.84. The normalized spacial score (nSPS) is 12.0. The second kappa shape index (κ2) is 7.76. The van der Waals surface area contributed by atoms with Gasteiger partial charge in [0.05, 0.1) is 18.3 Å². The molecule has 0 fully saturated rings. The Morgan fingerprint density at radius 2 is 1.73 bits per heavy atom. The number of benzene rings is 3. The van der Waals surface area contributed by atoms with E-state index in [-0.39, 0.29) is 12.5 Å². The van der Waals surface area contributed by atoms with E-state index in [1.807, 2.05) is 42.5 Å². The Hall–Kier alpha value is -4.04. The van der Waals surface area contributed by atoms with Crippen molar-refractivity contribution in [2.24, 2.45) is 0 Å². The first-order valence-electron chi connectivity index (χ1n) is 9.81. The van der Waals surface area contributed by atoms with Crippen molar-refractivity contribution >= 4 is 17.0 Å². The lowest BCUT2D eigenvalue weighted by Crippen LogP contribution is -2.26. The lowest BCUT2D eigenvalue weighted by atomic mass is 9.98. The van der Waals surface area contributed by atoms with Crippen LogP contribution in [0.2, 0.25) is 0 Å². The third kappa shape index (κ3) is 3.29. The summed E-state index contributed by atoms with van der Waals surface area (Å²) in [4.78, 5) is 12.2. The molecule has 0 unspecified atom stereocenters. The van der Waals surface area contributed by atoms with E-state index >= 15 is 0 Å². The number of H-pyrrole nitrogens is 1. The number of hydrogen-bond donors (Lipinski definition) is 2. The van der Waals surface area contributed by atoms with Gasteiger partial charge in [0.25, 0.3) is 0 Å². The second-order valence-electron chi connectivity index (χ2n) is 7.12. The van der Waals surface area contributed by atoms with E-state index in [1.54, 1.807) is 6.20 Å². The summed E-state index contributed by atoms with van der Waals surface area (Å²) in [5.41, 5.74) is 6.61. The first-order valence-corrected chi connectivity index (χ1v) is 9.81. The number of hydrogen-bond acceptors (Lipinski definition) is 3. The van der Waals surface area contributed by atoms with E-state index in [4.69, 9.17) is 4.74 Å². The maximum atomic E-state index is 12.2. The van der Waals surface area contributed by atoms with E-state index < -0.39 is 6.09 Å². The molecule has 4 aromatic rings. The van der Waals surface area contributed by atoms with Gasteiger partial charge in [-0.05, 0) is 34.4 Å². The molecule has 30 heavy (non-hydrogen) atoms. The van der Waals surface area contributed by atoms with E-state index in [0.29, 0.717) is 6.61 Å². The number of aromatic nitrogens is 2. The number of nitrogens with one attached hydrogen (secondary N) is 2. The Labute approximate surface area is 174 Å². The predicted molar refractivity (Wildman–Crippen MR) is 116 cm³/mol. The van der Waals surface area contributed by atoms with Gasteiger partial charge in [-0.25, -0.2) is 4.79 Å². The SMILES string of the molecule is O=C(NCC#Cc1cccc2[nH]ncc12)OCC1c2ccccc2-c2ccccc21. The van der Waals surface area contributed by atoms with Gasteiger partial charge in [-0.2, -0.15) is 5.10 Å². The molecule has 1 aromatic heterocycles. The van der Waals surface area contributed by atoms with Gasteiger partial charge in [-0.15, -0.1) is 0 Å². The number of alkyl carbamates (subject to hydrolysis) is 1. The molecule has 0 atom stereocenters. The van der Waals surface area contributed by atoms with Gasteiger partial charge in [0.15, 0.2) is 0 Å². The molecule has 3 aromatic carbocycles. The summed E-state index contributed by atoms with van der Waals surface area (Å²) >= 11 is 0. The van der Waals surface area contributed by atoms with Crippen LogP contribution in [0, 0.1) is 11.8 Å². The molecule has 5 heteroatoms. The fraction of sp³-hybridized carbons (Fsp3) is 0.120. The zero-order valence-corrected chi connectivity index (χ0v) is 16.2. The predicted octanol–water partition coefficient (Wildman–Crippen LogP) is 4.45. The molecule has 1 aliphatic rings. The molecular weight excluding hydrogens is 374 g/mol. The smallest absolute Gasteiger partial charge is 0.407 e. The van der Waals surface area contributed by atoms with Gasteiger partial charge in [-0.3, -0.25) is 5.10 Å². The van der Waals surface area contributed by atoms with Crippen LogP contribution in [0.1, 0.15) is 22.6 Å². The first kappa shape index (κ1) is 18.0. The highest BCUT2D eigenvalue weighted by Crippen LogP contribution is 2.44. The molecule has 0 spiro atoms. The number of carbonyl (C=O) groups excluding carboxylic acids is 1. The van der Waals surface area contributed by atoms with E-state index in [9.17, 15) is 4.79 Å². The van der Waals surface area contributed by atoms with Crippen LogP contribution in [0.3, 0.4) is 0 Å². The molecule has 146 valence electrons. The van der Waals surface area contributed by atoms with Crippen molar-refractivity contribution in [1.29, 1.82) is 0 Å². The van der Waals surface area contributed by atoms with Gasteiger partial charge in [0, 0.05) is 16.9 Å². The number of amides is 1. The molecule has 5 nitrogen and oxygen atoms in total. The zero-order chi connectivity index (χ0) is 20.3. The summed E-state index contributed by atoms with van der Waals surface area (Å²) in [6.45, 7) is 0.506. The Balaban J connectivity index is 1.21. The maximum absolute atomic E-state index is 12.2. The van der Waals surface area contributed by atoms with Crippen LogP contribution in [0.15, 0.2) is 72.9 Å². The Morgan fingerprint density at radius 1 is 1.00 bits per heavy atom. The molecule has 1 aliphatic carbocycles. The van der Waals surface area contributed by atoms with E-state index in [0.717, 1.165) is 16.5 Å². The van der Waals surface area contributed by atoms with Crippen LogP contribution >= 0.6 is 0 Å². The maximum Gasteiger partial charge on any atom is 0.407 e. The van der Waals surface area contributed by atoms with Crippen molar-refractivity contribution in [3.63, 3.8) is 0 Å².